The lowest BCUT2D eigenvalue weighted by Gasteiger charge is -2.08. The van der Waals surface area contributed by atoms with E-state index in [9.17, 15) is 14.4 Å². The second-order valence-corrected chi connectivity index (χ2v) is 8.47. The Hall–Kier alpha value is -4.24. The van der Waals surface area contributed by atoms with Gasteiger partial charge in [0.2, 0.25) is 11.7 Å². The van der Waals surface area contributed by atoms with E-state index in [1.54, 1.807) is 53.9 Å². The molecule has 0 aliphatic heterocycles. The number of carbonyl (C=O) groups is 3. The summed E-state index contributed by atoms with van der Waals surface area (Å²) in [6.07, 6.45) is 0.0840. The second-order valence-electron chi connectivity index (χ2n) is 7.53. The highest BCUT2D eigenvalue weighted by molar-refractivity contribution is 7.09. The van der Waals surface area contributed by atoms with E-state index < -0.39 is 5.97 Å². The zero-order valence-electron chi connectivity index (χ0n) is 19.1. The molecular weight excluding hydrogens is 468 g/mol. The quantitative estimate of drug-likeness (QED) is 0.255. The molecule has 8 nitrogen and oxygen atoms in total. The molecule has 0 aliphatic carbocycles. The molecule has 0 spiro atoms. The maximum absolute atomic E-state index is 12.4. The van der Waals surface area contributed by atoms with Crippen molar-refractivity contribution in [3.8, 4) is 17.1 Å². The number of ether oxygens (including phenoxy) is 2. The third-order valence-electron chi connectivity index (χ3n) is 5.03. The first kappa shape index (κ1) is 23.9. The van der Waals surface area contributed by atoms with E-state index in [2.05, 4.69) is 10.3 Å². The third-order valence-corrected chi connectivity index (χ3v) is 5.92. The summed E-state index contributed by atoms with van der Waals surface area (Å²) in [6, 6.07) is 17.3. The van der Waals surface area contributed by atoms with Gasteiger partial charge in [-0.1, -0.05) is 36.4 Å². The van der Waals surface area contributed by atoms with Crippen molar-refractivity contribution in [3.63, 3.8) is 0 Å². The molecule has 0 bridgehead atoms. The van der Waals surface area contributed by atoms with Crippen LogP contribution >= 0.6 is 11.3 Å². The Morgan fingerprint density at radius 3 is 2.54 bits per heavy atom. The van der Waals surface area contributed by atoms with E-state index in [1.165, 1.54) is 31.4 Å². The van der Waals surface area contributed by atoms with Crippen molar-refractivity contribution < 1.29 is 28.3 Å². The van der Waals surface area contributed by atoms with E-state index in [0.29, 0.717) is 33.5 Å². The number of para-hydroxylation sites is 2. The van der Waals surface area contributed by atoms with Gasteiger partial charge in [0.05, 0.1) is 24.9 Å². The maximum Gasteiger partial charge on any atom is 0.374 e. The third kappa shape index (κ3) is 6.01. The van der Waals surface area contributed by atoms with Crippen molar-refractivity contribution in [3.05, 3.63) is 88.1 Å². The van der Waals surface area contributed by atoms with Crippen molar-refractivity contribution in [1.29, 1.82) is 0 Å². The zero-order valence-corrected chi connectivity index (χ0v) is 19.9. The van der Waals surface area contributed by atoms with Crippen LogP contribution in [0.3, 0.4) is 0 Å². The molecule has 178 valence electrons. The summed E-state index contributed by atoms with van der Waals surface area (Å²) in [7, 11) is 1.54. The van der Waals surface area contributed by atoms with Crippen LogP contribution in [0.1, 0.15) is 38.5 Å². The molecule has 4 rings (SSSR count). The molecule has 2 aromatic heterocycles. The topological polar surface area (TPSA) is 108 Å². The number of furan rings is 1. The fourth-order valence-corrected chi connectivity index (χ4v) is 4.04. The molecule has 0 radical (unpaired) electrons. The van der Waals surface area contributed by atoms with Gasteiger partial charge in [-0.05, 0) is 31.2 Å². The first-order valence-electron chi connectivity index (χ1n) is 10.7. The number of nitrogens with zero attached hydrogens (tertiary/aromatic N) is 1. The van der Waals surface area contributed by atoms with Gasteiger partial charge >= 0.3 is 5.97 Å². The number of carbonyl (C=O) groups excluding carboxylic acids is 3. The molecule has 0 unspecified atom stereocenters. The Morgan fingerprint density at radius 2 is 1.80 bits per heavy atom. The van der Waals surface area contributed by atoms with Crippen LogP contribution in [0.5, 0.6) is 5.75 Å². The first-order chi connectivity index (χ1) is 16.9. The van der Waals surface area contributed by atoms with Crippen LogP contribution in [-0.2, 0) is 22.6 Å². The van der Waals surface area contributed by atoms with Gasteiger partial charge in [0.15, 0.2) is 5.78 Å². The van der Waals surface area contributed by atoms with Crippen LogP contribution in [-0.4, -0.2) is 29.8 Å². The number of thiazole rings is 1. The standard InChI is InChI=1S/C26H22N2O6S/c1-16(29)17-7-9-18(10-8-17)21-11-12-23(34-21)26(31)33-14-19-15-35-25(27-19)13-24(30)28-20-5-3-4-6-22(20)32-2/h3-12,15H,13-14H2,1-2H3,(H,28,30). The fraction of sp³-hybridized carbons (Fsp3) is 0.154. The number of amides is 1. The van der Waals surface area contributed by atoms with Crippen LogP contribution < -0.4 is 10.1 Å². The normalized spacial score (nSPS) is 10.6. The number of rotatable bonds is 9. The predicted molar refractivity (Wildman–Crippen MR) is 131 cm³/mol. The van der Waals surface area contributed by atoms with Crippen molar-refractivity contribution in [2.24, 2.45) is 0 Å². The van der Waals surface area contributed by atoms with Crippen LogP contribution in [0.15, 0.2) is 70.5 Å². The lowest BCUT2D eigenvalue weighted by atomic mass is 10.1. The molecule has 0 fully saturated rings. The Kier molecular flexibility index (Phi) is 7.37. The number of benzene rings is 2. The number of Topliss-reactive ketones (excluding diaryl/α,β-unsaturated/α-hetero) is 1. The summed E-state index contributed by atoms with van der Waals surface area (Å²) in [5, 5.41) is 5.14. The monoisotopic (exact) mass is 490 g/mol. The fourth-order valence-electron chi connectivity index (χ4n) is 3.26. The van der Waals surface area contributed by atoms with E-state index in [-0.39, 0.29) is 30.5 Å². The number of nitrogens with one attached hydrogen (secondary N) is 1. The lowest BCUT2D eigenvalue weighted by molar-refractivity contribution is -0.115. The highest BCUT2D eigenvalue weighted by atomic mass is 32.1. The molecule has 35 heavy (non-hydrogen) atoms. The van der Waals surface area contributed by atoms with Crippen molar-refractivity contribution >= 4 is 34.7 Å². The molecule has 9 heteroatoms. The van der Waals surface area contributed by atoms with E-state index in [0.717, 1.165) is 5.56 Å². The summed E-state index contributed by atoms with van der Waals surface area (Å²) in [5.41, 5.74) is 2.46. The van der Waals surface area contributed by atoms with Gasteiger partial charge < -0.3 is 19.2 Å². The Morgan fingerprint density at radius 1 is 1.03 bits per heavy atom. The number of hydrogen-bond acceptors (Lipinski definition) is 8. The first-order valence-corrected chi connectivity index (χ1v) is 11.6. The number of hydrogen-bond donors (Lipinski definition) is 1. The molecule has 0 atom stereocenters. The summed E-state index contributed by atoms with van der Waals surface area (Å²) >= 11 is 1.31. The largest absolute Gasteiger partial charge is 0.495 e. The zero-order chi connectivity index (χ0) is 24.8. The highest BCUT2D eigenvalue weighted by Crippen LogP contribution is 2.25. The minimum atomic E-state index is -0.625. The maximum atomic E-state index is 12.4. The number of methoxy groups -OCH3 is 1. The van der Waals surface area contributed by atoms with Crippen LogP contribution in [0.4, 0.5) is 5.69 Å². The number of esters is 1. The van der Waals surface area contributed by atoms with Gasteiger partial charge in [0, 0.05) is 16.5 Å². The number of ketones is 1. The summed E-state index contributed by atoms with van der Waals surface area (Å²) in [6.45, 7) is 1.45. The SMILES string of the molecule is COc1ccccc1NC(=O)Cc1nc(COC(=O)c2ccc(-c3ccc(C(C)=O)cc3)o2)cs1. The van der Waals surface area contributed by atoms with Crippen LogP contribution in [0.2, 0.25) is 0 Å². The van der Waals surface area contributed by atoms with Gasteiger partial charge in [-0.2, -0.15) is 0 Å². The number of aromatic nitrogens is 1. The van der Waals surface area contributed by atoms with Crippen molar-refractivity contribution in [2.45, 2.75) is 20.0 Å². The second kappa shape index (κ2) is 10.8. The van der Waals surface area contributed by atoms with E-state index in [4.69, 9.17) is 13.9 Å². The Bertz CT molecular complexity index is 1360. The molecule has 2 heterocycles. The molecule has 0 saturated heterocycles. The summed E-state index contributed by atoms with van der Waals surface area (Å²) < 4.78 is 16.2. The van der Waals surface area contributed by atoms with Gasteiger partial charge in [0.25, 0.3) is 0 Å². The number of anilines is 1. The predicted octanol–water partition coefficient (Wildman–Crippen LogP) is 5.15. The molecule has 4 aromatic rings. The molecule has 1 amide bonds. The van der Waals surface area contributed by atoms with Gasteiger partial charge in [-0.25, -0.2) is 9.78 Å². The van der Waals surface area contributed by atoms with E-state index >= 15 is 0 Å². The minimum absolute atomic E-state index is 0.0255. The molecular formula is C26H22N2O6S. The molecule has 0 aliphatic rings. The molecule has 1 N–H and O–H groups in total. The van der Waals surface area contributed by atoms with Crippen molar-refractivity contribution in [1.82, 2.24) is 4.98 Å². The average Bonchev–Trinajstić information content (AvgIpc) is 3.53. The van der Waals surface area contributed by atoms with Gasteiger partial charge in [-0.3, -0.25) is 9.59 Å². The smallest absolute Gasteiger partial charge is 0.374 e. The van der Waals surface area contributed by atoms with Crippen LogP contribution in [0.25, 0.3) is 11.3 Å². The molecule has 0 saturated carbocycles. The summed E-state index contributed by atoms with van der Waals surface area (Å²) in [5.74, 6) is 0.238. The highest BCUT2D eigenvalue weighted by Gasteiger charge is 2.16. The minimum Gasteiger partial charge on any atom is -0.495 e. The van der Waals surface area contributed by atoms with Gasteiger partial charge in [0.1, 0.15) is 23.1 Å². The average molecular weight is 491 g/mol. The Labute approximate surface area is 205 Å². The lowest BCUT2D eigenvalue weighted by Crippen LogP contribution is -2.15. The summed E-state index contributed by atoms with van der Waals surface area (Å²) in [4.78, 5) is 40.5. The van der Waals surface area contributed by atoms with E-state index in [1.807, 2.05) is 6.07 Å². The van der Waals surface area contributed by atoms with Gasteiger partial charge in [-0.15, -0.1) is 11.3 Å². The van der Waals surface area contributed by atoms with Crippen LogP contribution in [0, 0.1) is 0 Å². The Balaban J connectivity index is 1.30. The molecule has 2 aromatic carbocycles. The van der Waals surface area contributed by atoms with Crippen molar-refractivity contribution in [2.75, 3.05) is 12.4 Å².